The molecule has 2 fully saturated rings. The van der Waals surface area contributed by atoms with Crippen molar-refractivity contribution in [2.24, 2.45) is 0 Å². The molecule has 39 heavy (non-hydrogen) atoms. The Hall–Kier alpha value is -2.88. The van der Waals surface area contributed by atoms with Gasteiger partial charge in [-0.3, -0.25) is 4.79 Å². The van der Waals surface area contributed by atoms with E-state index in [2.05, 4.69) is 18.2 Å². The average molecular weight is 543 g/mol. The van der Waals surface area contributed by atoms with Crippen molar-refractivity contribution in [3.05, 3.63) is 48.1 Å². The summed E-state index contributed by atoms with van der Waals surface area (Å²) >= 11 is 0. The number of esters is 2. The maximum atomic E-state index is 11.7. The van der Waals surface area contributed by atoms with Crippen molar-refractivity contribution in [3.63, 3.8) is 0 Å². The Morgan fingerprint density at radius 1 is 1.15 bits per heavy atom. The molecule has 1 spiro atoms. The van der Waals surface area contributed by atoms with Crippen molar-refractivity contribution in [2.45, 2.75) is 107 Å². The summed E-state index contributed by atoms with van der Waals surface area (Å²) in [6.45, 7) is 1.68. The molecule has 0 aromatic heterocycles. The third kappa shape index (κ3) is 7.41. The Labute approximate surface area is 229 Å². The van der Waals surface area contributed by atoms with Crippen molar-refractivity contribution in [3.8, 4) is 11.5 Å². The molecule has 9 heteroatoms. The van der Waals surface area contributed by atoms with E-state index in [-0.39, 0.29) is 24.3 Å². The third-order valence-electron chi connectivity index (χ3n) is 7.59. The number of aliphatic hydroxyl groups is 1. The summed E-state index contributed by atoms with van der Waals surface area (Å²) < 4.78 is 34.3. The fraction of sp³-hybridized carbons (Fsp3) is 0.600. The molecule has 4 aliphatic heterocycles. The van der Waals surface area contributed by atoms with Crippen LogP contribution in [0.25, 0.3) is 0 Å². The van der Waals surface area contributed by atoms with Crippen molar-refractivity contribution in [1.29, 1.82) is 0 Å². The highest BCUT2D eigenvalue weighted by Gasteiger charge is 2.54. The second kappa shape index (κ2) is 12.5. The van der Waals surface area contributed by atoms with Gasteiger partial charge in [0, 0.05) is 32.3 Å². The summed E-state index contributed by atoms with van der Waals surface area (Å²) in [6.07, 6.45) is 12.6. The van der Waals surface area contributed by atoms with E-state index in [1.807, 2.05) is 12.1 Å². The molecule has 0 saturated carbocycles. The molecule has 9 nitrogen and oxygen atoms in total. The number of hydrogen-bond donors (Lipinski definition) is 1. The standard InChI is InChI=1S/C30H38O9/c1-20(31)36-24-16-23(38-30(17-24)18-28-26(39-30)12-13-29(33)37-28)15-22(32)9-7-5-3-2-4-6-8-21-10-11-25-27(14-21)35-19-34-25/h2,4,10-14,22-24,26,28,32H,3,5-9,15-19H2,1H3/b4-2+. The van der Waals surface area contributed by atoms with Crippen molar-refractivity contribution < 1.29 is 43.1 Å². The van der Waals surface area contributed by atoms with E-state index < -0.39 is 24.0 Å². The summed E-state index contributed by atoms with van der Waals surface area (Å²) in [5, 5.41) is 10.7. The molecular weight excluding hydrogens is 504 g/mol. The molecule has 2 saturated heterocycles. The SMILES string of the molecule is CC(=O)OC1CC(CC(O)CCCC/C=C/CCc2ccc3c(c2)OCO3)OC2(C1)CC1OC(=O)C=CC1O2. The first-order chi connectivity index (χ1) is 18.9. The van der Waals surface area contributed by atoms with Crippen LogP contribution in [0.4, 0.5) is 0 Å². The quantitative estimate of drug-likeness (QED) is 0.249. The van der Waals surface area contributed by atoms with Gasteiger partial charge in [-0.15, -0.1) is 0 Å². The normalized spacial score (nSPS) is 29.9. The number of benzene rings is 1. The zero-order valence-corrected chi connectivity index (χ0v) is 22.4. The van der Waals surface area contributed by atoms with Gasteiger partial charge in [-0.25, -0.2) is 4.79 Å². The molecule has 1 aromatic rings. The lowest BCUT2D eigenvalue weighted by molar-refractivity contribution is -0.286. The number of aryl methyl sites for hydroxylation is 1. The van der Waals surface area contributed by atoms with Crippen LogP contribution in [0.15, 0.2) is 42.5 Å². The molecule has 212 valence electrons. The van der Waals surface area contributed by atoms with Gasteiger partial charge in [0.05, 0.1) is 12.2 Å². The molecule has 1 aromatic carbocycles. The molecule has 4 aliphatic rings. The minimum absolute atomic E-state index is 0.294. The maximum Gasteiger partial charge on any atom is 0.330 e. The van der Waals surface area contributed by atoms with E-state index in [9.17, 15) is 14.7 Å². The summed E-state index contributed by atoms with van der Waals surface area (Å²) in [6, 6.07) is 6.08. The highest BCUT2D eigenvalue weighted by Crippen LogP contribution is 2.44. The molecule has 0 radical (unpaired) electrons. The van der Waals surface area contributed by atoms with Gasteiger partial charge in [0.25, 0.3) is 0 Å². The Morgan fingerprint density at radius 2 is 2.00 bits per heavy atom. The van der Waals surface area contributed by atoms with Gasteiger partial charge in [0.1, 0.15) is 18.3 Å². The van der Waals surface area contributed by atoms with Gasteiger partial charge in [-0.1, -0.05) is 24.6 Å². The number of hydrogen-bond acceptors (Lipinski definition) is 9. The van der Waals surface area contributed by atoms with Crippen LogP contribution in [-0.4, -0.2) is 60.1 Å². The summed E-state index contributed by atoms with van der Waals surface area (Å²) in [5.74, 6) is -0.122. The van der Waals surface area contributed by atoms with Crippen LogP contribution in [0.2, 0.25) is 0 Å². The van der Waals surface area contributed by atoms with Gasteiger partial charge < -0.3 is 33.5 Å². The second-order valence-electron chi connectivity index (χ2n) is 10.8. The van der Waals surface area contributed by atoms with Crippen molar-refractivity contribution >= 4 is 11.9 Å². The number of unbranched alkanes of at least 4 members (excludes halogenated alkanes) is 2. The molecule has 0 aliphatic carbocycles. The van der Waals surface area contributed by atoms with Gasteiger partial charge in [-0.2, -0.15) is 0 Å². The van der Waals surface area contributed by atoms with Gasteiger partial charge in [-0.05, 0) is 62.3 Å². The van der Waals surface area contributed by atoms with Gasteiger partial charge in [0.2, 0.25) is 6.79 Å². The number of ether oxygens (including phenoxy) is 6. The number of carbonyl (C=O) groups excluding carboxylic acids is 2. The number of aliphatic hydroxyl groups excluding tert-OH is 1. The fourth-order valence-corrected chi connectivity index (χ4v) is 5.87. The van der Waals surface area contributed by atoms with E-state index in [1.54, 1.807) is 6.08 Å². The summed E-state index contributed by atoms with van der Waals surface area (Å²) in [5.41, 5.74) is 1.23. The first-order valence-electron chi connectivity index (χ1n) is 14.0. The predicted molar refractivity (Wildman–Crippen MR) is 140 cm³/mol. The molecule has 6 atom stereocenters. The zero-order valence-electron chi connectivity index (χ0n) is 22.4. The molecular formula is C30H38O9. The highest BCUT2D eigenvalue weighted by atomic mass is 16.7. The van der Waals surface area contributed by atoms with Gasteiger partial charge in [0.15, 0.2) is 17.3 Å². The lowest BCUT2D eigenvalue weighted by atomic mass is 9.91. The Bertz CT molecular complexity index is 1080. The maximum absolute atomic E-state index is 11.7. The van der Waals surface area contributed by atoms with Crippen LogP contribution in [-0.2, 0) is 35.0 Å². The van der Waals surface area contributed by atoms with E-state index in [4.69, 9.17) is 28.4 Å². The van der Waals surface area contributed by atoms with Crippen LogP contribution in [0.3, 0.4) is 0 Å². The van der Waals surface area contributed by atoms with E-state index in [0.29, 0.717) is 38.9 Å². The number of fused-ring (bicyclic) bond motifs is 2. The van der Waals surface area contributed by atoms with Crippen LogP contribution in [0.1, 0.15) is 70.3 Å². The van der Waals surface area contributed by atoms with E-state index in [1.165, 1.54) is 18.6 Å². The lowest BCUT2D eigenvalue weighted by Crippen LogP contribution is -2.48. The van der Waals surface area contributed by atoms with E-state index in [0.717, 1.165) is 43.6 Å². The van der Waals surface area contributed by atoms with Crippen LogP contribution in [0, 0.1) is 0 Å². The van der Waals surface area contributed by atoms with Crippen molar-refractivity contribution in [1.82, 2.24) is 0 Å². The largest absolute Gasteiger partial charge is 0.462 e. The molecule has 0 amide bonds. The molecule has 1 N–H and O–H groups in total. The molecule has 4 heterocycles. The molecule has 0 bridgehead atoms. The Balaban J connectivity index is 1.02. The van der Waals surface area contributed by atoms with Crippen molar-refractivity contribution in [2.75, 3.05) is 6.79 Å². The Morgan fingerprint density at radius 3 is 2.87 bits per heavy atom. The summed E-state index contributed by atoms with van der Waals surface area (Å²) in [4.78, 5) is 23.3. The monoisotopic (exact) mass is 542 g/mol. The second-order valence-corrected chi connectivity index (χ2v) is 10.8. The molecule has 6 unspecified atom stereocenters. The zero-order chi connectivity index (χ0) is 27.2. The van der Waals surface area contributed by atoms with Crippen LogP contribution >= 0.6 is 0 Å². The average Bonchev–Trinajstić information content (AvgIpc) is 3.48. The fourth-order valence-electron chi connectivity index (χ4n) is 5.87. The minimum Gasteiger partial charge on any atom is -0.462 e. The third-order valence-corrected chi connectivity index (χ3v) is 7.59. The number of allylic oxidation sites excluding steroid dienone is 2. The highest BCUT2D eigenvalue weighted by molar-refractivity contribution is 5.83. The number of rotatable bonds is 11. The smallest absolute Gasteiger partial charge is 0.330 e. The lowest BCUT2D eigenvalue weighted by Gasteiger charge is -2.41. The topological polar surface area (TPSA) is 110 Å². The Kier molecular flexibility index (Phi) is 8.89. The molecule has 5 rings (SSSR count). The first kappa shape index (κ1) is 27.7. The minimum atomic E-state index is -1.00. The van der Waals surface area contributed by atoms with Crippen LogP contribution in [0.5, 0.6) is 11.5 Å². The van der Waals surface area contributed by atoms with Gasteiger partial charge >= 0.3 is 11.9 Å². The first-order valence-corrected chi connectivity index (χ1v) is 14.0. The predicted octanol–water partition coefficient (Wildman–Crippen LogP) is 4.29. The van der Waals surface area contributed by atoms with Crippen LogP contribution < -0.4 is 9.47 Å². The summed E-state index contributed by atoms with van der Waals surface area (Å²) in [7, 11) is 0. The number of carbonyl (C=O) groups is 2. The van der Waals surface area contributed by atoms with E-state index >= 15 is 0 Å².